The number of fused-ring (bicyclic) bond motifs is 2. The zero-order chi connectivity index (χ0) is 16.6. The van der Waals surface area contributed by atoms with Gasteiger partial charge < -0.3 is 10.6 Å². The summed E-state index contributed by atoms with van der Waals surface area (Å²) in [6.07, 6.45) is 6.67. The highest BCUT2D eigenvalue weighted by atomic mass is 35.5. The predicted octanol–water partition coefficient (Wildman–Crippen LogP) is 5.69. The molecule has 2 aromatic rings. The molecule has 0 aromatic heterocycles. The van der Waals surface area contributed by atoms with E-state index in [-0.39, 0.29) is 11.6 Å². The number of carbonyl (C=O) groups is 1. The highest BCUT2D eigenvalue weighted by Crippen LogP contribution is 2.46. The Morgan fingerprint density at radius 2 is 1.62 bits per heavy atom. The molecule has 3 nitrogen and oxygen atoms in total. The van der Waals surface area contributed by atoms with Crippen molar-refractivity contribution in [3.63, 3.8) is 0 Å². The number of carbonyl (C=O) groups excluding carboxylic acids is 1. The Labute approximate surface area is 147 Å². The molecule has 0 radical (unpaired) electrons. The first kappa shape index (κ1) is 15.5. The van der Waals surface area contributed by atoms with Crippen LogP contribution in [-0.4, -0.2) is 6.03 Å². The van der Waals surface area contributed by atoms with Crippen LogP contribution in [0.3, 0.4) is 0 Å². The van der Waals surface area contributed by atoms with Gasteiger partial charge in [-0.05, 0) is 36.1 Å². The molecule has 1 saturated carbocycles. The monoisotopic (exact) mass is 340 g/mol. The molecule has 1 aliphatic heterocycles. The van der Waals surface area contributed by atoms with E-state index in [1.165, 1.54) is 12.8 Å². The van der Waals surface area contributed by atoms with E-state index in [2.05, 4.69) is 28.8 Å². The van der Waals surface area contributed by atoms with E-state index in [4.69, 9.17) is 11.6 Å². The first-order valence-corrected chi connectivity index (χ1v) is 9.04. The Bertz CT molecular complexity index is 765. The Morgan fingerprint density at radius 3 is 2.33 bits per heavy atom. The van der Waals surface area contributed by atoms with Gasteiger partial charge in [0.2, 0.25) is 0 Å². The second-order valence-corrected chi connectivity index (χ2v) is 7.23. The highest BCUT2D eigenvalue weighted by molar-refractivity contribution is 6.34. The molecule has 1 heterocycles. The quantitative estimate of drug-likeness (QED) is 0.687. The van der Waals surface area contributed by atoms with Crippen molar-refractivity contribution in [2.24, 2.45) is 0 Å². The van der Waals surface area contributed by atoms with E-state index in [1.54, 1.807) is 0 Å². The highest BCUT2D eigenvalue weighted by Gasteiger charge is 2.40. The fourth-order valence-electron chi connectivity index (χ4n) is 4.06. The fraction of sp³-hybridized carbons (Fsp3) is 0.350. The van der Waals surface area contributed by atoms with Gasteiger partial charge >= 0.3 is 6.03 Å². The SMILES string of the molecule is O=C1Nc2c(Cl)cc(-c3ccccc3)cc2C2(CCCCCC2)N1. The first-order chi connectivity index (χ1) is 11.7. The van der Waals surface area contributed by atoms with Gasteiger partial charge in [0.15, 0.2) is 0 Å². The van der Waals surface area contributed by atoms with Crippen molar-refractivity contribution in [1.29, 1.82) is 0 Å². The van der Waals surface area contributed by atoms with Gasteiger partial charge in [-0.2, -0.15) is 0 Å². The van der Waals surface area contributed by atoms with E-state index < -0.39 is 0 Å². The zero-order valence-corrected chi connectivity index (χ0v) is 14.3. The molecule has 124 valence electrons. The van der Waals surface area contributed by atoms with Crippen molar-refractivity contribution < 1.29 is 4.79 Å². The third-order valence-electron chi connectivity index (χ3n) is 5.26. The molecule has 1 fully saturated rings. The number of hydrogen-bond donors (Lipinski definition) is 2. The smallest absolute Gasteiger partial charge is 0.319 e. The molecule has 2 amide bonds. The maximum Gasteiger partial charge on any atom is 0.319 e. The molecular formula is C20H21ClN2O. The van der Waals surface area contributed by atoms with E-state index >= 15 is 0 Å². The van der Waals surface area contributed by atoms with Crippen LogP contribution < -0.4 is 10.6 Å². The van der Waals surface area contributed by atoms with Gasteiger partial charge in [-0.15, -0.1) is 0 Å². The van der Waals surface area contributed by atoms with Gasteiger partial charge in [0.25, 0.3) is 0 Å². The molecule has 1 spiro atoms. The van der Waals surface area contributed by atoms with Crippen LogP contribution in [0.5, 0.6) is 0 Å². The fourth-order valence-corrected chi connectivity index (χ4v) is 4.33. The van der Waals surface area contributed by atoms with Crippen molar-refractivity contribution in [3.8, 4) is 11.1 Å². The topological polar surface area (TPSA) is 41.1 Å². The molecule has 2 N–H and O–H groups in total. The van der Waals surface area contributed by atoms with E-state index in [0.29, 0.717) is 5.02 Å². The van der Waals surface area contributed by atoms with Crippen LogP contribution in [0.2, 0.25) is 5.02 Å². The molecule has 1 aliphatic carbocycles. The van der Waals surface area contributed by atoms with Crippen molar-refractivity contribution >= 4 is 23.3 Å². The summed E-state index contributed by atoms with van der Waals surface area (Å²) >= 11 is 6.56. The summed E-state index contributed by atoms with van der Waals surface area (Å²) in [7, 11) is 0. The second kappa shape index (κ2) is 6.14. The lowest BCUT2D eigenvalue weighted by Crippen LogP contribution is -2.51. The molecule has 2 aromatic carbocycles. The Balaban J connectivity index is 1.88. The van der Waals surface area contributed by atoms with E-state index in [0.717, 1.165) is 48.1 Å². The molecular weight excluding hydrogens is 320 g/mol. The second-order valence-electron chi connectivity index (χ2n) is 6.82. The lowest BCUT2D eigenvalue weighted by Gasteiger charge is -2.40. The molecule has 0 atom stereocenters. The van der Waals surface area contributed by atoms with Crippen LogP contribution in [0, 0.1) is 0 Å². The summed E-state index contributed by atoms with van der Waals surface area (Å²) in [5.74, 6) is 0. The van der Waals surface area contributed by atoms with Crippen LogP contribution in [0.15, 0.2) is 42.5 Å². The zero-order valence-electron chi connectivity index (χ0n) is 13.6. The van der Waals surface area contributed by atoms with Crippen molar-refractivity contribution in [2.75, 3.05) is 5.32 Å². The van der Waals surface area contributed by atoms with Crippen LogP contribution >= 0.6 is 11.6 Å². The molecule has 4 heteroatoms. The number of benzene rings is 2. The Kier molecular flexibility index (Phi) is 3.97. The van der Waals surface area contributed by atoms with E-state index in [9.17, 15) is 4.79 Å². The van der Waals surface area contributed by atoms with Gasteiger partial charge in [-0.1, -0.05) is 67.6 Å². The third kappa shape index (κ3) is 2.67. The predicted molar refractivity (Wildman–Crippen MR) is 98.4 cm³/mol. The summed E-state index contributed by atoms with van der Waals surface area (Å²) in [6, 6.07) is 14.3. The number of halogens is 1. The molecule has 0 bridgehead atoms. The summed E-state index contributed by atoms with van der Waals surface area (Å²) in [4.78, 5) is 12.2. The number of nitrogens with one attached hydrogen (secondary N) is 2. The number of anilines is 1. The van der Waals surface area contributed by atoms with Crippen molar-refractivity contribution in [1.82, 2.24) is 5.32 Å². The minimum atomic E-state index is -0.289. The van der Waals surface area contributed by atoms with Crippen LogP contribution in [0.25, 0.3) is 11.1 Å². The lowest BCUT2D eigenvalue weighted by atomic mass is 9.79. The van der Waals surface area contributed by atoms with Gasteiger partial charge in [-0.25, -0.2) is 4.79 Å². The standard InChI is InChI=1S/C20H21ClN2O/c21-17-13-15(14-8-4-3-5-9-14)12-16-18(17)22-19(24)23-20(16)10-6-1-2-7-11-20/h3-5,8-9,12-13H,1-2,6-7,10-11H2,(H2,22,23,24). The van der Waals surface area contributed by atoms with Gasteiger partial charge in [0.05, 0.1) is 16.2 Å². The summed E-state index contributed by atoms with van der Waals surface area (Å²) < 4.78 is 0. The van der Waals surface area contributed by atoms with E-state index in [1.807, 2.05) is 24.3 Å². The first-order valence-electron chi connectivity index (χ1n) is 8.67. The summed E-state index contributed by atoms with van der Waals surface area (Å²) in [6.45, 7) is 0. The summed E-state index contributed by atoms with van der Waals surface area (Å²) in [5.41, 5.74) is 3.86. The van der Waals surface area contributed by atoms with Crippen LogP contribution in [0.1, 0.15) is 44.1 Å². The molecule has 24 heavy (non-hydrogen) atoms. The number of rotatable bonds is 1. The number of urea groups is 1. The van der Waals surface area contributed by atoms with Gasteiger partial charge in [-0.3, -0.25) is 0 Å². The van der Waals surface area contributed by atoms with Crippen LogP contribution in [0.4, 0.5) is 10.5 Å². The van der Waals surface area contributed by atoms with Gasteiger partial charge in [0.1, 0.15) is 0 Å². The lowest BCUT2D eigenvalue weighted by molar-refractivity contribution is 0.225. The largest absolute Gasteiger partial charge is 0.328 e. The number of amides is 2. The number of hydrogen-bond acceptors (Lipinski definition) is 1. The van der Waals surface area contributed by atoms with Crippen LogP contribution in [-0.2, 0) is 5.54 Å². The van der Waals surface area contributed by atoms with Gasteiger partial charge in [0, 0.05) is 5.56 Å². The molecule has 0 saturated heterocycles. The Morgan fingerprint density at radius 1 is 0.917 bits per heavy atom. The average Bonchev–Trinajstić information content (AvgIpc) is 2.82. The minimum Gasteiger partial charge on any atom is -0.328 e. The Hall–Kier alpha value is -2.00. The third-order valence-corrected chi connectivity index (χ3v) is 5.56. The molecule has 0 unspecified atom stereocenters. The summed E-state index contributed by atoms with van der Waals surface area (Å²) in [5, 5.41) is 6.76. The normalized spacial score (nSPS) is 19.1. The minimum absolute atomic E-state index is 0.140. The maximum absolute atomic E-state index is 12.2. The molecule has 4 rings (SSSR count). The average molecular weight is 341 g/mol. The molecule has 2 aliphatic rings. The van der Waals surface area contributed by atoms with Crippen molar-refractivity contribution in [2.45, 2.75) is 44.1 Å². The van der Waals surface area contributed by atoms with Crippen molar-refractivity contribution in [3.05, 3.63) is 53.1 Å². The maximum atomic E-state index is 12.2.